The number of aliphatic carboxylic acids is 1. The fraction of sp³-hybridized carbons (Fsp3) is 0.333. The molecule has 0 saturated carbocycles. The van der Waals surface area contributed by atoms with Gasteiger partial charge in [0.15, 0.2) is 0 Å². The third-order valence-corrected chi connectivity index (χ3v) is 3.16. The van der Waals surface area contributed by atoms with Crippen molar-refractivity contribution in [2.45, 2.75) is 12.5 Å². The van der Waals surface area contributed by atoms with Gasteiger partial charge < -0.3 is 14.7 Å². The van der Waals surface area contributed by atoms with Gasteiger partial charge in [-0.05, 0) is 12.1 Å². The van der Waals surface area contributed by atoms with Crippen LogP contribution in [-0.4, -0.2) is 47.7 Å². The van der Waals surface area contributed by atoms with Crippen LogP contribution in [0.1, 0.15) is 12.0 Å². The molecule has 0 aromatic heterocycles. The van der Waals surface area contributed by atoms with Crippen molar-refractivity contribution in [3.8, 4) is 0 Å². The number of carbonyl (C=O) groups is 2. The number of ether oxygens (including phenoxy) is 1. The molecule has 0 radical (unpaired) electrons. The van der Waals surface area contributed by atoms with E-state index in [1.165, 1.54) is 23.1 Å². The summed E-state index contributed by atoms with van der Waals surface area (Å²) in [5.74, 6) is -1.64. The smallest absolute Gasteiger partial charge is 0.306 e. The minimum absolute atomic E-state index is 0.138. The summed E-state index contributed by atoms with van der Waals surface area (Å²) >= 11 is 0. The number of carboxylic acids is 1. The highest BCUT2D eigenvalue weighted by molar-refractivity contribution is 5.91. The number of morpholine rings is 1. The second-order valence-corrected chi connectivity index (χ2v) is 4.73. The molecule has 1 N–H and O–H groups in total. The van der Waals surface area contributed by atoms with Crippen LogP contribution in [0.25, 0.3) is 6.08 Å². The third-order valence-electron chi connectivity index (χ3n) is 3.16. The lowest BCUT2D eigenvalue weighted by atomic mass is 10.2. The van der Waals surface area contributed by atoms with Crippen molar-refractivity contribution in [1.82, 2.24) is 4.90 Å². The van der Waals surface area contributed by atoms with Crippen LogP contribution in [-0.2, 0) is 14.3 Å². The van der Waals surface area contributed by atoms with Gasteiger partial charge >= 0.3 is 5.97 Å². The molecule has 21 heavy (non-hydrogen) atoms. The van der Waals surface area contributed by atoms with Gasteiger partial charge in [-0.3, -0.25) is 9.59 Å². The molecular formula is C15H16FNO4. The summed E-state index contributed by atoms with van der Waals surface area (Å²) in [5, 5.41) is 8.73. The largest absolute Gasteiger partial charge is 0.481 e. The number of carbonyl (C=O) groups excluding carboxylic acids is 1. The number of nitrogens with zero attached hydrogens (tertiary/aromatic N) is 1. The predicted molar refractivity (Wildman–Crippen MR) is 74.0 cm³/mol. The number of hydrogen-bond donors (Lipinski definition) is 1. The van der Waals surface area contributed by atoms with Gasteiger partial charge in [-0.1, -0.05) is 18.2 Å². The Morgan fingerprint density at radius 2 is 2.19 bits per heavy atom. The number of hydrogen-bond acceptors (Lipinski definition) is 3. The molecule has 112 valence electrons. The molecule has 1 atom stereocenters. The van der Waals surface area contributed by atoms with Gasteiger partial charge in [-0.2, -0.15) is 0 Å². The third kappa shape index (κ3) is 4.39. The minimum Gasteiger partial charge on any atom is -0.481 e. The molecule has 1 heterocycles. The van der Waals surface area contributed by atoms with Gasteiger partial charge in [0.05, 0.1) is 19.1 Å². The van der Waals surface area contributed by atoms with Gasteiger partial charge in [0, 0.05) is 24.7 Å². The van der Waals surface area contributed by atoms with E-state index in [1.54, 1.807) is 18.2 Å². The maximum Gasteiger partial charge on any atom is 0.306 e. The Kier molecular flexibility index (Phi) is 5.05. The van der Waals surface area contributed by atoms with Crippen LogP contribution in [0.5, 0.6) is 0 Å². The van der Waals surface area contributed by atoms with E-state index >= 15 is 0 Å². The van der Waals surface area contributed by atoms with Crippen molar-refractivity contribution in [2.24, 2.45) is 0 Å². The van der Waals surface area contributed by atoms with Gasteiger partial charge in [0.1, 0.15) is 5.82 Å². The van der Waals surface area contributed by atoms with Crippen LogP contribution in [0.4, 0.5) is 4.39 Å². The summed E-state index contributed by atoms with van der Waals surface area (Å²) < 4.78 is 18.7. The zero-order valence-corrected chi connectivity index (χ0v) is 11.4. The Bertz CT molecular complexity index is 558. The predicted octanol–water partition coefficient (Wildman–Crippen LogP) is 1.54. The first-order valence-electron chi connectivity index (χ1n) is 6.61. The lowest BCUT2D eigenvalue weighted by Crippen LogP contribution is -2.45. The van der Waals surface area contributed by atoms with Crippen molar-refractivity contribution in [1.29, 1.82) is 0 Å². The van der Waals surface area contributed by atoms with E-state index in [9.17, 15) is 14.0 Å². The molecule has 0 aliphatic carbocycles. The van der Waals surface area contributed by atoms with Crippen LogP contribution >= 0.6 is 0 Å². The van der Waals surface area contributed by atoms with Crippen LogP contribution in [0.2, 0.25) is 0 Å². The van der Waals surface area contributed by atoms with E-state index in [4.69, 9.17) is 9.84 Å². The van der Waals surface area contributed by atoms with Crippen LogP contribution in [0.15, 0.2) is 30.3 Å². The normalized spacial score (nSPS) is 18.9. The number of benzene rings is 1. The van der Waals surface area contributed by atoms with E-state index in [1.807, 2.05) is 0 Å². The lowest BCUT2D eigenvalue weighted by Gasteiger charge is -2.31. The van der Waals surface area contributed by atoms with E-state index < -0.39 is 17.9 Å². The van der Waals surface area contributed by atoms with Gasteiger partial charge in [-0.25, -0.2) is 4.39 Å². The molecule has 0 bridgehead atoms. The molecule has 1 saturated heterocycles. The number of rotatable bonds is 4. The molecule has 2 rings (SSSR count). The summed E-state index contributed by atoms with van der Waals surface area (Å²) in [6, 6.07) is 6.16. The standard InChI is InChI=1S/C15H16FNO4/c16-13-4-2-1-3-11(13)5-6-14(18)17-7-8-21-12(10-17)9-15(19)20/h1-6,12H,7-10H2,(H,19,20). The highest BCUT2D eigenvalue weighted by Crippen LogP contribution is 2.11. The Hall–Kier alpha value is -2.21. The monoisotopic (exact) mass is 293 g/mol. The molecule has 0 spiro atoms. The quantitative estimate of drug-likeness (QED) is 0.855. The van der Waals surface area contributed by atoms with Crippen molar-refractivity contribution in [3.63, 3.8) is 0 Å². The molecule has 6 heteroatoms. The average Bonchev–Trinajstić information content (AvgIpc) is 2.45. The zero-order chi connectivity index (χ0) is 15.2. The van der Waals surface area contributed by atoms with Crippen molar-refractivity contribution >= 4 is 18.0 Å². The second kappa shape index (κ2) is 6.99. The summed E-state index contributed by atoms with van der Waals surface area (Å²) in [6.45, 7) is 0.931. The Morgan fingerprint density at radius 3 is 2.90 bits per heavy atom. The maximum absolute atomic E-state index is 13.4. The van der Waals surface area contributed by atoms with E-state index in [-0.39, 0.29) is 18.9 Å². The number of amides is 1. The molecule has 1 unspecified atom stereocenters. The van der Waals surface area contributed by atoms with Crippen molar-refractivity contribution in [2.75, 3.05) is 19.7 Å². The summed E-state index contributed by atoms with van der Waals surface area (Å²) in [4.78, 5) is 24.2. The number of halogens is 1. The van der Waals surface area contributed by atoms with E-state index in [0.29, 0.717) is 18.7 Å². The molecule has 1 aliphatic rings. The fourth-order valence-electron chi connectivity index (χ4n) is 2.11. The topological polar surface area (TPSA) is 66.8 Å². The Labute approximate surface area is 121 Å². The molecule has 1 aromatic carbocycles. The molecule has 1 aliphatic heterocycles. The molecule has 1 amide bonds. The highest BCUT2D eigenvalue weighted by atomic mass is 19.1. The first-order valence-corrected chi connectivity index (χ1v) is 6.61. The minimum atomic E-state index is -0.962. The van der Waals surface area contributed by atoms with Crippen LogP contribution in [0, 0.1) is 5.82 Å². The molecular weight excluding hydrogens is 277 g/mol. The average molecular weight is 293 g/mol. The highest BCUT2D eigenvalue weighted by Gasteiger charge is 2.24. The van der Waals surface area contributed by atoms with Crippen LogP contribution < -0.4 is 0 Å². The van der Waals surface area contributed by atoms with Crippen molar-refractivity contribution in [3.05, 3.63) is 41.7 Å². The van der Waals surface area contributed by atoms with Gasteiger partial charge in [0.25, 0.3) is 0 Å². The van der Waals surface area contributed by atoms with Gasteiger partial charge in [0.2, 0.25) is 5.91 Å². The maximum atomic E-state index is 13.4. The van der Waals surface area contributed by atoms with Crippen LogP contribution in [0.3, 0.4) is 0 Å². The first kappa shape index (κ1) is 15.2. The van der Waals surface area contributed by atoms with E-state index in [0.717, 1.165) is 0 Å². The van der Waals surface area contributed by atoms with Crippen molar-refractivity contribution < 1.29 is 23.8 Å². The summed E-state index contributed by atoms with van der Waals surface area (Å²) in [7, 11) is 0. The summed E-state index contributed by atoms with van der Waals surface area (Å²) in [5.41, 5.74) is 0.334. The molecule has 1 fully saturated rings. The lowest BCUT2D eigenvalue weighted by molar-refractivity contribution is -0.145. The Morgan fingerprint density at radius 1 is 1.43 bits per heavy atom. The number of carboxylic acid groups (broad SMARTS) is 1. The molecule has 1 aromatic rings. The SMILES string of the molecule is O=C(O)CC1CN(C(=O)C=Cc2ccccc2F)CCO1. The fourth-order valence-corrected chi connectivity index (χ4v) is 2.11. The molecule has 5 nitrogen and oxygen atoms in total. The zero-order valence-electron chi connectivity index (χ0n) is 11.4. The second-order valence-electron chi connectivity index (χ2n) is 4.73. The summed E-state index contributed by atoms with van der Waals surface area (Å²) in [6.07, 6.45) is 2.07. The first-order chi connectivity index (χ1) is 10.1. The van der Waals surface area contributed by atoms with Gasteiger partial charge in [-0.15, -0.1) is 0 Å². The van der Waals surface area contributed by atoms with E-state index in [2.05, 4.69) is 0 Å². The Balaban J connectivity index is 1.96.